The van der Waals surface area contributed by atoms with E-state index in [-0.39, 0.29) is 11.7 Å². The first-order valence-electron chi connectivity index (χ1n) is 6.45. The molecule has 1 fully saturated rings. The molecule has 0 bridgehead atoms. The second-order valence-electron chi connectivity index (χ2n) is 4.93. The van der Waals surface area contributed by atoms with Crippen molar-refractivity contribution in [2.75, 3.05) is 6.61 Å². The van der Waals surface area contributed by atoms with Crippen LogP contribution in [0.15, 0.2) is 18.2 Å². The highest BCUT2D eigenvalue weighted by molar-refractivity contribution is 5.92. The molecule has 1 N–H and O–H groups in total. The molecular weight excluding hydrogens is 244 g/mol. The van der Waals surface area contributed by atoms with Gasteiger partial charge in [0.15, 0.2) is 0 Å². The van der Waals surface area contributed by atoms with Crippen molar-refractivity contribution in [2.24, 2.45) is 7.05 Å². The predicted molar refractivity (Wildman–Crippen MR) is 70.4 cm³/mol. The minimum Gasteiger partial charge on any atom is -0.478 e. The van der Waals surface area contributed by atoms with Gasteiger partial charge in [0.05, 0.1) is 22.7 Å². The van der Waals surface area contributed by atoms with Crippen LogP contribution in [-0.4, -0.2) is 33.3 Å². The largest absolute Gasteiger partial charge is 0.478 e. The number of fused-ring (bicyclic) bond motifs is 1. The molecule has 1 unspecified atom stereocenters. The fourth-order valence-electron chi connectivity index (χ4n) is 2.57. The zero-order valence-corrected chi connectivity index (χ0v) is 10.8. The first-order valence-corrected chi connectivity index (χ1v) is 6.45. The molecule has 0 amide bonds. The van der Waals surface area contributed by atoms with Crippen LogP contribution in [0.4, 0.5) is 0 Å². The van der Waals surface area contributed by atoms with E-state index in [0.717, 1.165) is 42.7 Å². The highest BCUT2D eigenvalue weighted by atomic mass is 16.5. The van der Waals surface area contributed by atoms with Crippen molar-refractivity contribution >= 4 is 17.0 Å². The maximum atomic E-state index is 11.0. The lowest BCUT2D eigenvalue weighted by molar-refractivity contribution is 0.0697. The highest BCUT2D eigenvalue weighted by Crippen LogP contribution is 2.21. The molecule has 0 spiro atoms. The zero-order valence-electron chi connectivity index (χ0n) is 10.8. The van der Waals surface area contributed by atoms with E-state index in [1.165, 1.54) is 0 Å². The van der Waals surface area contributed by atoms with Crippen molar-refractivity contribution in [2.45, 2.75) is 25.4 Å². The topological polar surface area (TPSA) is 64.4 Å². The van der Waals surface area contributed by atoms with Crippen LogP contribution in [0.1, 0.15) is 29.0 Å². The number of aryl methyl sites for hydroxylation is 1. The Hall–Kier alpha value is -1.88. The number of carbonyl (C=O) groups is 1. The van der Waals surface area contributed by atoms with Crippen LogP contribution in [0.2, 0.25) is 0 Å². The summed E-state index contributed by atoms with van der Waals surface area (Å²) in [6.07, 6.45) is 3.21. The smallest absolute Gasteiger partial charge is 0.335 e. The molecule has 1 aromatic heterocycles. The third kappa shape index (κ3) is 2.21. The maximum Gasteiger partial charge on any atom is 0.335 e. The summed E-state index contributed by atoms with van der Waals surface area (Å²) in [4.78, 5) is 15.5. The number of imidazole rings is 1. The molecule has 0 saturated carbocycles. The molecular formula is C14H16N2O3. The number of benzene rings is 1. The molecule has 1 atom stereocenters. The number of carboxylic acid groups (broad SMARTS) is 1. The van der Waals surface area contributed by atoms with E-state index in [1.807, 2.05) is 17.7 Å². The van der Waals surface area contributed by atoms with Gasteiger partial charge in [0.1, 0.15) is 5.82 Å². The number of hydrogen-bond acceptors (Lipinski definition) is 3. The van der Waals surface area contributed by atoms with Crippen LogP contribution >= 0.6 is 0 Å². The van der Waals surface area contributed by atoms with Crippen molar-refractivity contribution in [3.63, 3.8) is 0 Å². The summed E-state index contributed by atoms with van der Waals surface area (Å²) in [5.74, 6) is 0.0256. The first-order chi connectivity index (χ1) is 9.15. The van der Waals surface area contributed by atoms with Crippen LogP contribution in [0.25, 0.3) is 11.0 Å². The lowest BCUT2D eigenvalue weighted by atomic mass is 10.2. The fourth-order valence-corrected chi connectivity index (χ4v) is 2.57. The molecule has 1 aliphatic heterocycles. The van der Waals surface area contributed by atoms with Gasteiger partial charge in [-0.15, -0.1) is 0 Å². The molecule has 19 heavy (non-hydrogen) atoms. The number of ether oxygens (including phenoxy) is 1. The van der Waals surface area contributed by atoms with Gasteiger partial charge in [-0.1, -0.05) is 0 Å². The van der Waals surface area contributed by atoms with Crippen LogP contribution in [0.3, 0.4) is 0 Å². The molecule has 1 aliphatic rings. The molecule has 0 aliphatic carbocycles. The number of carboxylic acids is 1. The van der Waals surface area contributed by atoms with Gasteiger partial charge < -0.3 is 14.4 Å². The van der Waals surface area contributed by atoms with E-state index in [2.05, 4.69) is 4.98 Å². The standard InChI is InChI=1S/C14H16N2O3/c1-16-12-5-4-9(14(17)18)7-11(12)15-13(16)8-10-3-2-6-19-10/h4-5,7,10H,2-3,6,8H2,1H3,(H,17,18). The highest BCUT2D eigenvalue weighted by Gasteiger charge is 2.19. The monoisotopic (exact) mass is 260 g/mol. The molecule has 2 aromatic rings. The minimum absolute atomic E-state index is 0.245. The van der Waals surface area contributed by atoms with Gasteiger partial charge in [-0.2, -0.15) is 0 Å². The summed E-state index contributed by atoms with van der Waals surface area (Å²) in [7, 11) is 1.96. The van der Waals surface area contributed by atoms with Gasteiger partial charge in [-0.3, -0.25) is 0 Å². The molecule has 100 valence electrons. The molecule has 0 radical (unpaired) electrons. The first kappa shape index (κ1) is 12.2. The van der Waals surface area contributed by atoms with Crippen LogP contribution in [0, 0.1) is 0 Å². The van der Waals surface area contributed by atoms with Gasteiger partial charge in [-0.25, -0.2) is 9.78 Å². The summed E-state index contributed by atoms with van der Waals surface area (Å²) in [6.45, 7) is 0.831. The lowest BCUT2D eigenvalue weighted by Gasteiger charge is -2.08. The molecule has 1 saturated heterocycles. The Balaban J connectivity index is 1.96. The van der Waals surface area contributed by atoms with Gasteiger partial charge in [0.2, 0.25) is 0 Å². The quantitative estimate of drug-likeness (QED) is 0.916. The molecule has 5 nitrogen and oxygen atoms in total. The molecule has 1 aromatic carbocycles. The van der Waals surface area contributed by atoms with Crippen LogP contribution in [-0.2, 0) is 18.2 Å². The number of hydrogen-bond donors (Lipinski definition) is 1. The van der Waals surface area contributed by atoms with E-state index in [9.17, 15) is 4.79 Å². The van der Waals surface area contributed by atoms with Crippen LogP contribution < -0.4 is 0 Å². The summed E-state index contributed by atoms with van der Waals surface area (Å²) in [5.41, 5.74) is 1.96. The van der Waals surface area contributed by atoms with Crippen molar-refractivity contribution < 1.29 is 14.6 Å². The Bertz CT molecular complexity index is 627. The van der Waals surface area contributed by atoms with Crippen molar-refractivity contribution in [1.82, 2.24) is 9.55 Å². The third-order valence-corrected chi connectivity index (χ3v) is 3.65. The number of aromatic carboxylic acids is 1. The fraction of sp³-hybridized carbons (Fsp3) is 0.429. The average Bonchev–Trinajstić information content (AvgIpc) is 2.99. The molecule has 2 heterocycles. The Labute approximate surface area is 110 Å². The Morgan fingerprint density at radius 3 is 3.11 bits per heavy atom. The SMILES string of the molecule is Cn1c(CC2CCCO2)nc2cc(C(=O)O)ccc21. The van der Waals surface area contributed by atoms with Gasteiger partial charge in [-0.05, 0) is 31.0 Å². The second kappa shape index (κ2) is 4.66. The summed E-state index contributed by atoms with van der Waals surface area (Å²) < 4.78 is 7.64. The Morgan fingerprint density at radius 2 is 2.42 bits per heavy atom. The number of aromatic nitrogens is 2. The molecule has 3 rings (SSSR count). The van der Waals surface area contributed by atoms with Crippen molar-refractivity contribution in [3.8, 4) is 0 Å². The summed E-state index contributed by atoms with van der Waals surface area (Å²) >= 11 is 0. The number of nitrogens with zero attached hydrogens (tertiary/aromatic N) is 2. The van der Waals surface area contributed by atoms with E-state index in [1.54, 1.807) is 12.1 Å². The van der Waals surface area contributed by atoms with Crippen molar-refractivity contribution in [3.05, 3.63) is 29.6 Å². The van der Waals surface area contributed by atoms with E-state index >= 15 is 0 Å². The molecule has 5 heteroatoms. The van der Waals surface area contributed by atoms with Gasteiger partial charge in [0, 0.05) is 20.1 Å². The third-order valence-electron chi connectivity index (χ3n) is 3.65. The predicted octanol–water partition coefficient (Wildman–Crippen LogP) is 1.99. The Morgan fingerprint density at radius 1 is 1.58 bits per heavy atom. The van der Waals surface area contributed by atoms with Gasteiger partial charge in [0.25, 0.3) is 0 Å². The maximum absolute atomic E-state index is 11.0. The van der Waals surface area contributed by atoms with Gasteiger partial charge >= 0.3 is 5.97 Å². The zero-order chi connectivity index (χ0) is 13.4. The summed E-state index contributed by atoms with van der Waals surface area (Å²) in [5, 5.41) is 9.00. The lowest BCUT2D eigenvalue weighted by Crippen LogP contribution is -2.12. The Kier molecular flexibility index (Phi) is 2.98. The van der Waals surface area contributed by atoms with E-state index < -0.39 is 5.97 Å². The normalized spacial score (nSPS) is 19.1. The second-order valence-corrected chi connectivity index (χ2v) is 4.93. The minimum atomic E-state index is -0.923. The average molecular weight is 260 g/mol. The summed E-state index contributed by atoms with van der Waals surface area (Å²) in [6, 6.07) is 5.05. The number of rotatable bonds is 3. The van der Waals surface area contributed by atoms with Crippen LogP contribution in [0.5, 0.6) is 0 Å². The van der Waals surface area contributed by atoms with E-state index in [4.69, 9.17) is 9.84 Å². The van der Waals surface area contributed by atoms with Crippen molar-refractivity contribution in [1.29, 1.82) is 0 Å². The van der Waals surface area contributed by atoms with E-state index in [0.29, 0.717) is 0 Å².